The molecule has 2 rings (SSSR count). The molecule has 2 nitrogen and oxygen atoms in total. The van der Waals surface area contributed by atoms with Crippen molar-refractivity contribution < 1.29 is 8.37 Å². The van der Waals surface area contributed by atoms with E-state index in [-0.39, 0.29) is 6.10 Å². The van der Waals surface area contributed by atoms with Gasteiger partial charge < -0.3 is 8.37 Å². The van der Waals surface area contributed by atoms with Gasteiger partial charge in [0, 0.05) is 33.9 Å². The average Bonchev–Trinajstić information content (AvgIpc) is 2.56. The fourth-order valence-electron chi connectivity index (χ4n) is 1.97. The van der Waals surface area contributed by atoms with Crippen LogP contribution in [0.15, 0.2) is 58.3 Å². The van der Waals surface area contributed by atoms with E-state index in [0.29, 0.717) is 6.61 Å². The van der Waals surface area contributed by atoms with Crippen LogP contribution < -0.4 is 0 Å². The summed E-state index contributed by atoms with van der Waals surface area (Å²) < 4.78 is 11.7. The van der Waals surface area contributed by atoms with E-state index in [1.54, 1.807) is 0 Å². The van der Waals surface area contributed by atoms with Crippen LogP contribution in [0.2, 0.25) is 0 Å². The second kappa shape index (κ2) is 10.0. The predicted molar refractivity (Wildman–Crippen MR) is 99.8 cm³/mol. The van der Waals surface area contributed by atoms with Crippen molar-refractivity contribution in [2.45, 2.75) is 49.5 Å². The lowest BCUT2D eigenvalue weighted by molar-refractivity contribution is 0.156. The maximum atomic E-state index is 5.94. The third-order valence-corrected chi connectivity index (χ3v) is 4.89. The summed E-state index contributed by atoms with van der Waals surface area (Å²) >= 11 is 2.85. The predicted octanol–water partition coefficient (Wildman–Crippen LogP) is 6.22. The molecule has 2 aromatic rings. The van der Waals surface area contributed by atoms with E-state index in [2.05, 4.69) is 69.3 Å². The molecule has 0 bridgehead atoms. The molecular formula is C19H24O2S2. The van der Waals surface area contributed by atoms with Crippen molar-refractivity contribution in [1.29, 1.82) is 0 Å². The minimum Gasteiger partial charge on any atom is -0.307 e. The molecule has 0 heterocycles. The first-order chi connectivity index (χ1) is 11.2. The van der Waals surface area contributed by atoms with Gasteiger partial charge in [-0.3, -0.25) is 0 Å². The van der Waals surface area contributed by atoms with Crippen LogP contribution in [0, 0.1) is 13.8 Å². The van der Waals surface area contributed by atoms with E-state index in [9.17, 15) is 0 Å². The van der Waals surface area contributed by atoms with Gasteiger partial charge in [-0.2, -0.15) is 0 Å². The van der Waals surface area contributed by atoms with Crippen LogP contribution in [0.25, 0.3) is 0 Å². The minimum atomic E-state index is 0.101. The first-order valence-corrected chi connectivity index (χ1v) is 9.42. The number of hydrogen-bond acceptors (Lipinski definition) is 4. The van der Waals surface area contributed by atoms with Gasteiger partial charge in [-0.05, 0) is 44.5 Å². The van der Waals surface area contributed by atoms with Gasteiger partial charge in [-0.1, -0.05) is 48.7 Å². The normalized spacial score (nSPS) is 12.3. The maximum absolute atomic E-state index is 5.94. The topological polar surface area (TPSA) is 18.5 Å². The third-order valence-electron chi connectivity index (χ3n) is 3.34. The van der Waals surface area contributed by atoms with Gasteiger partial charge >= 0.3 is 0 Å². The maximum Gasteiger partial charge on any atom is 0.0972 e. The fraction of sp³-hybridized carbons (Fsp3) is 0.368. The molecule has 0 radical (unpaired) electrons. The highest BCUT2D eigenvalue weighted by Gasteiger charge is 2.11. The molecule has 4 heteroatoms. The summed E-state index contributed by atoms with van der Waals surface area (Å²) in [5, 5.41) is 0. The molecule has 0 aromatic heterocycles. The largest absolute Gasteiger partial charge is 0.307 e. The molecule has 0 amide bonds. The van der Waals surface area contributed by atoms with E-state index in [4.69, 9.17) is 8.37 Å². The Morgan fingerprint density at radius 2 is 1.35 bits per heavy atom. The first kappa shape index (κ1) is 18.4. The SMILES string of the molecule is CCCC(COSc1ccc(C)cc1)OSc1ccc(C)cc1. The summed E-state index contributed by atoms with van der Waals surface area (Å²) in [5.74, 6) is 0. The Hall–Kier alpha value is -0.940. The zero-order valence-corrected chi connectivity index (χ0v) is 15.6. The molecule has 0 N–H and O–H groups in total. The van der Waals surface area contributed by atoms with E-state index < -0.39 is 0 Å². The van der Waals surface area contributed by atoms with Crippen molar-refractivity contribution in [3.05, 3.63) is 59.7 Å². The Balaban J connectivity index is 1.76. The molecule has 0 spiro atoms. The van der Waals surface area contributed by atoms with Crippen molar-refractivity contribution in [3.8, 4) is 0 Å². The van der Waals surface area contributed by atoms with Crippen molar-refractivity contribution in [1.82, 2.24) is 0 Å². The van der Waals surface area contributed by atoms with E-state index in [0.717, 1.165) is 22.6 Å². The molecule has 0 saturated heterocycles. The average molecular weight is 349 g/mol. The molecule has 124 valence electrons. The van der Waals surface area contributed by atoms with Crippen LogP contribution in [0.1, 0.15) is 30.9 Å². The van der Waals surface area contributed by atoms with Crippen LogP contribution in [-0.2, 0) is 8.37 Å². The van der Waals surface area contributed by atoms with Gasteiger partial charge in [0.25, 0.3) is 0 Å². The van der Waals surface area contributed by atoms with Gasteiger partial charge in [0.1, 0.15) is 0 Å². The summed E-state index contributed by atoms with van der Waals surface area (Å²) in [6.07, 6.45) is 2.18. The highest BCUT2D eigenvalue weighted by molar-refractivity contribution is 7.95. The quantitative estimate of drug-likeness (QED) is 0.501. The van der Waals surface area contributed by atoms with Gasteiger partial charge in [0.2, 0.25) is 0 Å². The third kappa shape index (κ3) is 7.00. The fourth-order valence-corrected chi connectivity index (χ4v) is 3.22. The summed E-state index contributed by atoms with van der Waals surface area (Å²) in [5.41, 5.74) is 2.52. The Labute approximate surface area is 148 Å². The van der Waals surface area contributed by atoms with Crippen LogP contribution >= 0.6 is 24.1 Å². The van der Waals surface area contributed by atoms with Gasteiger partial charge in [0.15, 0.2) is 0 Å². The van der Waals surface area contributed by atoms with Crippen LogP contribution in [0.3, 0.4) is 0 Å². The van der Waals surface area contributed by atoms with E-state index in [1.807, 2.05) is 0 Å². The molecule has 0 aliphatic carbocycles. The summed E-state index contributed by atoms with van der Waals surface area (Å²) in [7, 11) is 0. The first-order valence-electron chi connectivity index (χ1n) is 7.93. The van der Waals surface area contributed by atoms with Gasteiger partial charge in [-0.25, -0.2) is 0 Å². The molecule has 0 aliphatic heterocycles. The van der Waals surface area contributed by atoms with Crippen LogP contribution in [-0.4, -0.2) is 12.7 Å². The summed E-state index contributed by atoms with van der Waals surface area (Å²) in [6, 6.07) is 16.7. The molecule has 1 atom stereocenters. The molecule has 0 fully saturated rings. The summed E-state index contributed by atoms with van der Waals surface area (Å²) in [6.45, 7) is 6.93. The Morgan fingerprint density at radius 3 is 1.87 bits per heavy atom. The monoisotopic (exact) mass is 348 g/mol. The number of hydrogen-bond donors (Lipinski definition) is 0. The molecule has 1 unspecified atom stereocenters. The molecule has 23 heavy (non-hydrogen) atoms. The standard InChI is InChI=1S/C19H24O2S2/c1-4-5-17(21-23-19-12-8-16(3)9-13-19)14-20-22-18-10-6-15(2)7-11-18/h6-13,17H,4-5,14H2,1-3H3. The zero-order chi connectivity index (χ0) is 16.5. The van der Waals surface area contributed by atoms with Crippen LogP contribution in [0.5, 0.6) is 0 Å². The van der Waals surface area contributed by atoms with Gasteiger partial charge in [0.05, 0.1) is 12.7 Å². The lowest BCUT2D eigenvalue weighted by Gasteiger charge is -2.15. The van der Waals surface area contributed by atoms with Crippen molar-refractivity contribution in [3.63, 3.8) is 0 Å². The highest BCUT2D eigenvalue weighted by atomic mass is 32.2. The minimum absolute atomic E-state index is 0.101. The second-order valence-electron chi connectivity index (χ2n) is 5.58. The second-order valence-corrected chi connectivity index (χ2v) is 7.29. The van der Waals surface area contributed by atoms with Crippen molar-refractivity contribution in [2.24, 2.45) is 0 Å². The van der Waals surface area contributed by atoms with Crippen LogP contribution in [0.4, 0.5) is 0 Å². The van der Waals surface area contributed by atoms with Crippen molar-refractivity contribution in [2.75, 3.05) is 6.61 Å². The summed E-state index contributed by atoms with van der Waals surface area (Å²) in [4.78, 5) is 2.25. The number of aryl methyl sites for hydroxylation is 2. The molecule has 0 aliphatic rings. The number of benzene rings is 2. The lowest BCUT2D eigenvalue weighted by Crippen LogP contribution is -2.15. The van der Waals surface area contributed by atoms with E-state index >= 15 is 0 Å². The lowest BCUT2D eigenvalue weighted by atomic mass is 10.2. The molecular weight excluding hydrogens is 324 g/mol. The molecule has 2 aromatic carbocycles. The smallest absolute Gasteiger partial charge is 0.0972 e. The Morgan fingerprint density at radius 1 is 0.826 bits per heavy atom. The van der Waals surface area contributed by atoms with Gasteiger partial charge in [-0.15, -0.1) is 0 Å². The number of rotatable bonds is 9. The molecule has 0 saturated carbocycles. The van der Waals surface area contributed by atoms with Crippen molar-refractivity contribution >= 4 is 24.1 Å². The Kier molecular flexibility index (Phi) is 8.03. The van der Waals surface area contributed by atoms with E-state index in [1.165, 1.54) is 35.2 Å². The zero-order valence-electron chi connectivity index (χ0n) is 14.0. The highest BCUT2D eigenvalue weighted by Crippen LogP contribution is 2.25. The Bertz CT molecular complexity index is 567.